The van der Waals surface area contributed by atoms with Crippen molar-refractivity contribution >= 4 is 23.1 Å². The van der Waals surface area contributed by atoms with Gasteiger partial charge in [-0.3, -0.25) is 0 Å². The van der Waals surface area contributed by atoms with Crippen LogP contribution >= 0.6 is 11.6 Å². The summed E-state index contributed by atoms with van der Waals surface area (Å²) in [6, 6.07) is 12.3. The van der Waals surface area contributed by atoms with Crippen molar-refractivity contribution in [1.82, 2.24) is 0 Å². The lowest BCUT2D eigenvalue weighted by molar-refractivity contribution is 0.0697. The highest BCUT2D eigenvalue weighted by Crippen LogP contribution is 2.35. The smallest absolute Gasteiger partial charge is 0.335 e. The third kappa shape index (κ3) is 2.28. The first-order valence-corrected chi connectivity index (χ1v) is 6.49. The molecule has 4 heteroatoms. The maximum absolute atomic E-state index is 11.1. The number of fused-ring (bicyclic) bond motifs is 1. The van der Waals surface area contributed by atoms with Crippen LogP contribution in [0.25, 0.3) is 5.57 Å². The quantitative estimate of drug-likeness (QED) is 0.912. The van der Waals surface area contributed by atoms with Gasteiger partial charge in [-0.05, 0) is 47.5 Å². The third-order valence-corrected chi connectivity index (χ3v) is 3.45. The first-order chi connectivity index (χ1) is 9.65. The molecule has 0 aliphatic carbocycles. The molecule has 3 rings (SSSR count). The SMILES string of the molecule is O=C(O)c1ccc2c(c1)C(c1ccc(Cl)cc1)=CCO2. The molecular weight excluding hydrogens is 276 g/mol. The van der Waals surface area contributed by atoms with E-state index >= 15 is 0 Å². The summed E-state index contributed by atoms with van der Waals surface area (Å²) < 4.78 is 5.54. The molecule has 2 aromatic carbocycles. The summed E-state index contributed by atoms with van der Waals surface area (Å²) in [6.07, 6.45) is 1.94. The highest BCUT2D eigenvalue weighted by molar-refractivity contribution is 6.30. The Bertz CT molecular complexity index is 702. The molecule has 3 nitrogen and oxygen atoms in total. The summed E-state index contributed by atoms with van der Waals surface area (Å²) in [7, 11) is 0. The molecule has 0 radical (unpaired) electrons. The fraction of sp³-hybridized carbons (Fsp3) is 0.0625. The van der Waals surface area contributed by atoms with Gasteiger partial charge in [-0.1, -0.05) is 23.7 Å². The molecule has 0 saturated carbocycles. The lowest BCUT2D eigenvalue weighted by atomic mass is 9.94. The van der Waals surface area contributed by atoms with E-state index in [4.69, 9.17) is 21.4 Å². The van der Waals surface area contributed by atoms with E-state index < -0.39 is 5.97 Å². The van der Waals surface area contributed by atoms with Crippen molar-refractivity contribution in [2.45, 2.75) is 0 Å². The van der Waals surface area contributed by atoms with E-state index in [2.05, 4.69) is 0 Å². The minimum atomic E-state index is -0.950. The third-order valence-electron chi connectivity index (χ3n) is 3.20. The molecule has 0 aromatic heterocycles. The number of aromatic carboxylic acids is 1. The molecule has 0 bridgehead atoms. The molecule has 1 heterocycles. The van der Waals surface area contributed by atoms with Gasteiger partial charge in [0.2, 0.25) is 0 Å². The topological polar surface area (TPSA) is 46.5 Å². The van der Waals surface area contributed by atoms with Crippen LogP contribution in [0.2, 0.25) is 5.02 Å². The number of carboxylic acids is 1. The number of carboxylic acid groups (broad SMARTS) is 1. The van der Waals surface area contributed by atoms with Gasteiger partial charge in [0.25, 0.3) is 0 Å². The zero-order valence-electron chi connectivity index (χ0n) is 10.5. The Labute approximate surface area is 121 Å². The molecule has 2 aromatic rings. The van der Waals surface area contributed by atoms with Crippen molar-refractivity contribution in [3.05, 3.63) is 70.3 Å². The van der Waals surface area contributed by atoms with Crippen LogP contribution in [0.3, 0.4) is 0 Å². The normalized spacial score (nSPS) is 13.2. The summed E-state index contributed by atoms with van der Waals surface area (Å²) in [6.45, 7) is 0.470. The standard InChI is InChI=1S/C16H11ClO3/c17-12-4-1-10(2-5-12)13-7-8-20-15-6-3-11(16(18)19)9-14(13)15/h1-7,9H,8H2,(H,18,19). The lowest BCUT2D eigenvalue weighted by Crippen LogP contribution is -2.07. The number of hydrogen-bond acceptors (Lipinski definition) is 2. The molecule has 1 N–H and O–H groups in total. The molecular formula is C16H11ClO3. The molecule has 100 valence electrons. The predicted molar refractivity (Wildman–Crippen MR) is 77.4 cm³/mol. The number of benzene rings is 2. The molecule has 0 amide bonds. The van der Waals surface area contributed by atoms with Gasteiger partial charge in [-0.25, -0.2) is 4.79 Å². The first-order valence-electron chi connectivity index (χ1n) is 6.12. The largest absolute Gasteiger partial charge is 0.489 e. The molecule has 1 aliphatic rings. The van der Waals surface area contributed by atoms with E-state index in [1.165, 1.54) is 0 Å². The van der Waals surface area contributed by atoms with Crippen LogP contribution in [0.1, 0.15) is 21.5 Å². The number of halogens is 1. The summed E-state index contributed by atoms with van der Waals surface area (Å²) >= 11 is 5.90. The summed E-state index contributed by atoms with van der Waals surface area (Å²) in [5.74, 6) is -0.253. The fourth-order valence-corrected chi connectivity index (χ4v) is 2.35. The van der Waals surface area contributed by atoms with Crippen molar-refractivity contribution in [3.63, 3.8) is 0 Å². The molecule has 0 atom stereocenters. The van der Waals surface area contributed by atoms with E-state index in [-0.39, 0.29) is 5.56 Å². The minimum absolute atomic E-state index is 0.245. The van der Waals surface area contributed by atoms with Crippen LogP contribution in [0.5, 0.6) is 5.75 Å². The van der Waals surface area contributed by atoms with Gasteiger partial charge in [0.05, 0.1) is 5.56 Å². The van der Waals surface area contributed by atoms with Crippen molar-refractivity contribution in [1.29, 1.82) is 0 Å². The number of carbonyl (C=O) groups is 1. The van der Waals surface area contributed by atoms with Gasteiger partial charge in [0.1, 0.15) is 12.4 Å². The van der Waals surface area contributed by atoms with Gasteiger partial charge < -0.3 is 9.84 Å². The Morgan fingerprint density at radius 2 is 1.90 bits per heavy atom. The Morgan fingerprint density at radius 3 is 2.60 bits per heavy atom. The molecule has 20 heavy (non-hydrogen) atoms. The van der Waals surface area contributed by atoms with Gasteiger partial charge in [0, 0.05) is 10.6 Å². The Hall–Kier alpha value is -2.26. The molecule has 0 spiro atoms. The van der Waals surface area contributed by atoms with Crippen LogP contribution in [-0.2, 0) is 0 Å². The maximum Gasteiger partial charge on any atom is 0.335 e. The zero-order valence-corrected chi connectivity index (χ0v) is 11.2. The number of hydrogen-bond donors (Lipinski definition) is 1. The van der Waals surface area contributed by atoms with Gasteiger partial charge >= 0.3 is 5.97 Å². The lowest BCUT2D eigenvalue weighted by Gasteiger charge is -2.19. The second kappa shape index (κ2) is 5.02. The highest BCUT2D eigenvalue weighted by atomic mass is 35.5. The maximum atomic E-state index is 11.1. The number of rotatable bonds is 2. The Balaban J connectivity index is 2.11. The van der Waals surface area contributed by atoms with E-state index in [1.54, 1.807) is 18.2 Å². The van der Waals surface area contributed by atoms with Gasteiger partial charge in [-0.2, -0.15) is 0 Å². The van der Waals surface area contributed by atoms with Crippen LogP contribution in [0.15, 0.2) is 48.5 Å². The minimum Gasteiger partial charge on any atom is -0.489 e. The molecule has 0 unspecified atom stereocenters. The van der Waals surface area contributed by atoms with Crippen LogP contribution in [-0.4, -0.2) is 17.7 Å². The summed E-state index contributed by atoms with van der Waals surface area (Å²) in [5.41, 5.74) is 2.99. The average Bonchev–Trinajstić information content (AvgIpc) is 2.47. The van der Waals surface area contributed by atoms with Gasteiger partial charge in [-0.15, -0.1) is 0 Å². The zero-order chi connectivity index (χ0) is 14.1. The van der Waals surface area contributed by atoms with E-state index in [0.717, 1.165) is 16.7 Å². The number of ether oxygens (including phenoxy) is 1. The van der Waals surface area contributed by atoms with Crippen LogP contribution < -0.4 is 4.74 Å². The van der Waals surface area contributed by atoms with Crippen LogP contribution in [0, 0.1) is 0 Å². The Kier molecular flexibility index (Phi) is 3.20. The van der Waals surface area contributed by atoms with Crippen molar-refractivity contribution < 1.29 is 14.6 Å². The molecule has 1 aliphatic heterocycles. The average molecular weight is 287 g/mol. The summed E-state index contributed by atoms with van der Waals surface area (Å²) in [4.78, 5) is 11.1. The van der Waals surface area contributed by atoms with Crippen molar-refractivity contribution in [2.75, 3.05) is 6.61 Å². The fourth-order valence-electron chi connectivity index (χ4n) is 2.23. The summed E-state index contributed by atoms with van der Waals surface area (Å²) in [5, 5.41) is 9.77. The first kappa shape index (κ1) is 12.8. The molecule has 0 saturated heterocycles. The highest BCUT2D eigenvalue weighted by Gasteiger charge is 2.17. The van der Waals surface area contributed by atoms with E-state index in [1.807, 2.05) is 30.3 Å². The second-order valence-electron chi connectivity index (χ2n) is 4.45. The molecule has 0 fully saturated rings. The second-order valence-corrected chi connectivity index (χ2v) is 4.89. The predicted octanol–water partition coefficient (Wildman–Crippen LogP) is 3.86. The van der Waals surface area contributed by atoms with Gasteiger partial charge in [0.15, 0.2) is 0 Å². The van der Waals surface area contributed by atoms with E-state index in [9.17, 15) is 4.79 Å². The van der Waals surface area contributed by atoms with Crippen molar-refractivity contribution in [3.8, 4) is 5.75 Å². The van der Waals surface area contributed by atoms with Crippen LogP contribution in [0.4, 0.5) is 0 Å². The van der Waals surface area contributed by atoms with E-state index in [0.29, 0.717) is 17.4 Å². The Morgan fingerprint density at radius 1 is 1.15 bits per heavy atom. The monoisotopic (exact) mass is 286 g/mol. The van der Waals surface area contributed by atoms with Crippen molar-refractivity contribution in [2.24, 2.45) is 0 Å².